The number of esters is 1. The predicted molar refractivity (Wildman–Crippen MR) is 72.9 cm³/mol. The molecule has 0 bridgehead atoms. The van der Waals surface area contributed by atoms with Crippen LogP contribution in [0.3, 0.4) is 0 Å². The van der Waals surface area contributed by atoms with E-state index in [9.17, 15) is 14.1 Å². The lowest BCUT2D eigenvalue weighted by Crippen LogP contribution is -2.01. The number of carbonyl (C=O) groups excluding carboxylic acids is 1. The van der Waals surface area contributed by atoms with E-state index in [1.54, 1.807) is 0 Å². The zero-order chi connectivity index (χ0) is 14.5. The highest BCUT2D eigenvalue weighted by Crippen LogP contribution is 2.29. The van der Waals surface area contributed by atoms with Gasteiger partial charge in [0.25, 0.3) is 0 Å². The van der Waals surface area contributed by atoms with Crippen LogP contribution >= 0.6 is 0 Å². The summed E-state index contributed by atoms with van der Waals surface area (Å²) in [5.74, 6) is -0.909. The van der Waals surface area contributed by atoms with Crippen molar-refractivity contribution >= 4 is 23.0 Å². The van der Waals surface area contributed by atoms with Gasteiger partial charge in [0.2, 0.25) is 0 Å². The summed E-state index contributed by atoms with van der Waals surface area (Å²) in [6, 6.07) is 10.00. The molecule has 6 heteroatoms. The molecule has 1 N–H and O–H groups in total. The van der Waals surface area contributed by atoms with E-state index in [4.69, 9.17) is 0 Å². The standard InChI is InChI=1S/C14H11FN2O3/c1-20-14(18)9-2-7-12(13(8-9)17-19)16-11-5-3-10(15)4-6-11/h2-8,16H,1H3. The molecule has 0 atom stereocenters. The number of hydrogen-bond acceptors (Lipinski definition) is 5. The Labute approximate surface area is 114 Å². The summed E-state index contributed by atoms with van der Waals surface area (Å²) < 4.78 is 17.4. The van der Waals surface area contributed by atoms with Crippen LogP contribution in [-0.4, -0.2) is 13.1 Å². The number of nitrogens with zero attached hydrogens (tertiary/aromatic N) is 1. The molecule has 0 amide bonds. The number of hydrogen-bond donors (Lipinski definition) is 1. The lowest BCUT2D eigenvalue weighted by atomic mass is 10.1. The average molecular weight is 274 g/mol. The van der Waals surface area contributed by atoms with Gasteiger partial charge in [-0.05, 0) is 47.6 Å². The first-order valence-electron chi connectivity index (χ1n) is 5.72. The van der Waals surface area contributed by atoms with Crippen molar-refractivity contribution in [1.82, 2.24) is 0 Å². The quantitative estimate of drug-likeness (QED) is 0.681. The molecule has 20 heavy (non-hydrogen) atoms. The van der Waals surface area contributed by atoms with Gasteiger partial charge in [-0.15, -0.1) is 4.91 Å². The van der Waals surface area contributed by atoms with E-state index in [0.717, 1.165) is 0 Å². The Balaban J connectivity index is 2.30. The second kappa shape index (κ2) is 5.92. The van der Waals surface area contributed by atoms with Crippen molar-refractivity contribution in [3.8, 4) is 0 Å². The van der Waals surface area contributed by atoms with E-state index in [1.807, 2.05) is 0 Å². The summed E-state index contributed by atoms with van der Waals surface area (Å²) >= 11 is 0. The van der Waals surface area contributed by atoms with Crippen molar-refractivity contribution in [1.29, 1.82) is 0 Å². The van der Waals surface area contributed by atoms with Crippen molar-refractivity contribution in [2.24, 2.45) is 5.18 Å². The van der Waals surface area contributed by atoms with Gasteiger partial charge >= 0.3 is 5.97 Å². The number of anilines is 2. The molecule has 0 saturated carbocycles. The minimum atomic E-state index is -0.553. The number of methoxy groups -OCH3 is 1. The van der Waals surface area contributed by atoms with E-state index in [1.165, 1.54) is 49.6 Å². The summed E-state index contributed by atoms with van der Waals surface area (Å²) in [7, 11) is 1.25. The molecule has 0 spiro atoms. The zero-order valence-electron chi connectivity index (χ0n) is 10.6. The fraction of sp³-hybridized carbons (Fsp3) is 0.0714. The average Bonchev–Trinajstić information content (AvgIpc) is 2.49. The van der Waals surface area contributed by atoms with E-state index >= 15 is 0 Å². The Kier molecular flexibility index (Phi) is 4.05. The van der Waals surface area contributed by atoms with E-state index in [2.05, 4.69) is 15.2 Å². The Morgan fingerprint density at radius 3 is 2.50 bits per heavy atom. The molecule has 0 fully saturated rings. The molecular formula is C14H11FN2O3. The number of ether oxygens (including phenoxy) is 1. The Hall–Kier alpha value is -2.76. The molecule has 2 aromatic carbocycles. The lowest BCUT2D eigenvalue weighted by molar-refractivity contribution is 0.0601. The number of benzene rings is 2. The summed E-state index contributed by atoms with van der Waals surface area (Å²) in [4.78, 5) is 22.2. The Morgan fingerprint density at radius 2 is 1.90 bits per heavy atom. The van der Waals surface area contributed by atoms with E-state index in [0.29, 0.717) is 11.4 Å². The van der Waals surface area contributed by atoms with Crippen LogP contribution in [0.15, 0.2) is 47.6 Å². The van der Waals surface area contributed by atoms with Crippen LogP contribution in [0.2, 0.25) is 0 Å². The van der Waals surface area contributed by atoms with Crippen molar-refractivity contribution in [2.75, 3.05) is 12.4 Å². The van der Waals surface area contributed by atoms with E-state index in [-0.39, 0.29) is 17.1 Å². The van der Waals surface area contributed by atoms with Crippen molar-refractivity contribution in [3.05, 3.63) is 58.8 Å². The second-order valence-corrected chi connectivity index (χ2v) is 3.95. The van der Waals surface area contributed by atoms with Gasteiger partial charge in [-0.2, -0.15) is 0 Å². The first-order valence-corrected chi connectivity index (χ1v) is 5.72. The molecule has 0 aliphatic heterocycles. The van der Waals surface area contributed by atoms with Gasteiger partial charge in [-0.1, -0.05) is 0 Å². The fourth-order valence-corrected chi connectivity index (χ4v) is 1.65. The fourth-order valence-electron chi connectivity index (χ4n) is 1.65. The zero-order valence-corrected chi connectivity index (χ0v) is 10.6. The number of rotatable bonds is 4. The highest BCUT2D eigenvalue weighted by atomic mass is 19.1. The summed E-state index contributed by atoms with van der Waals surface area (Å²) in [5.41, 5.74) is 1.31. The normalized spacial score (nSPS) is 9.90. The number of carbonyl (C=O) groups is 1. The van der Waals surface area contributed by atoms with Gasteiger partial charge in [0, 0.05) is 5.69 Å². The van der Waals surface area contributed by atoms with Gasteiger partial charge in [0.05, 0.1) is 18.4 Å². The van der Waals surface area contributed by atoms with Gasteiger partial charge in [-0.25, -0.2) is 9.18 Å². The molecule has 0 aromatic heterocycles. The molecule has 0 aliphatic carbocycles. The molecule has 0 aliphatic rings. The Bertz CT molecular complexity index is 641. The number of nitrogens with one attached hydrogen (secondary N) is 1. The molecule has 2 rings (SSSR count). The SMILES string of the molecule is COC(=O)c1ccc(Nc2ccc(F)cc2)c(N=O)c1. The molecule has 0 saturated heterocycles. The third-order valence-corrected chi connectivity index (χ3v) is 2.64. The minimum Gasteiger partial charge on any atom is -0.465 e. The number of halogens is 1. The maximum absolute atomic E-state index is 12.8. The Morgan fingerprint density at radius 1 is 1.20 bits per heavy atom. The van der Waals surface area contributed by atoms with Crippen molar-refractivity contribution in [3.63, 3.8) is 0 Å². The molecule has 0 heterocycles. The first-order chi connectivity index (χ1) is 9.63. The third-order valence-electron chi connectivity index (χ3n) is 2.64. The molecule has 0 unspecified atom stereocenters. The van der Waals surface area contributed by atoms with Gasteiger partial charge in [0.15, 0.2) is 0 Å². The van der Waals surface area contributed by atoms with Crippen LogP contribution in [0.1, 0.15) is 10.4 Å². The molecular weight excluding hydrogens is 263 g/mol. The molecule has 5 nitrogen and oxygen atoms in total. The summed E-state index contributed by atoms with van der Waals surface area (Å²) in [5, 5.41) is 5.79. The van der Waals surface area contributed by atoms with Crippen LogP contribution < -0.4 is 5.32 Å². The van der Waals surface area contributed by atoms with Crippen LogP contribution in [0, 0.1) is 10.7 Å². The number of nitroso groups, excluding NO2 is 1. The van der Waals surface area contributed by atoms with Gasteiger partial charge < -0.3 is 10.1 Å². The highest BCUT2D eigenvalue weighted by Gasteiger charge is 2.10. The van der Waals surface area contributed by atoms with Crippen molar-refractivity contribution < 1.29 is 13.9 Å². The monoisotopic (exact) mass is 274 g/mol. The maximum atomic E-state index is 12.8. The van der Waals surface area contributed by atoms with Crippen molar-refractivity contribution in [2.45, 2.75) is 0 Å². The van der Waals surface area contributed by atoms with Gasteiger partial charge in [-0.3, -0.25) is 0 Å². The molecule has 0 radical (unpaired) electrons. The molecule has 102 valence electrons. The smallest absolute Gasteiger partial charge is 0.337 e. The van der Waals surface area contributed by atoms with Crippen LogP contribution in [-0.2, 0) is 4.74 Å². The van der Waals surface area contributed by atoms with Gasteiger partial charge in [0.1, 0.15) is 11.5 Å². The van der Waals surface area contributed by atoms with Crippen LogP contribution in [0.4, 0.5) is 21.5 Å². The van der Waals surface area contributed by atoms with E-state index < -0.39 is 5.97 Å². The topological polar surface area (TPSA) is 67.8 Å². The second-order valence-electron chi connectivity index (χ2n) is 3.95. The highest BCUT2D eigenvalue weighted by molar-refractivity contribution is 5.92. The first kappa shape index (κ1) is 13.7. The molecule has 2 aromatic rings. The minimum absolute atomic E-state index is 0.0669. The predicted octanol–water partition coefficient (Wildman–Crippen LogP) is 3.75. The summed E-state index contributed by atoms with van der Waals surface area (Å²) in [6.45, 7) is 0. The summed E-state index contributed by atoms with van der Waals surface area (Å²) in [6.07, 6.45) is 0. The maximum Gasteiger partial charge on any atom is 0.337 e. The van der Waals surface area contributed by atoms with Crippen LogP contribution in [0.25, 0.3) is 0 Å². The lowest BCUT2D eigenvalue weighted by Gasteiger charge is -2.09. The largest absolute Gasteiger partial charge is 0.465 e. The van der Waals surface area contributed by atoms with Crippen LogP contribution in [0.5, 0.6) is 0 Å². The third kappa shape index (κ3) is 2.97.